The highest BCUT2D eigenvalue weighted by atomic mass is 16.5. The maximum Gasteiger partial charge on any atom is 0.119 e. The molecule has 0 saturated heterocycles. The monoisotopic (exact) mass is 208 g/mol. The summed E-state index contributed by atoms with van der Waals surface area (Å²) in [6.07, 6.45) is 1.02. The molecule has 3 nitrogen and oxygen atoms in total. The highest BCUT2D eigenvalue weighted by molar-refractivity contribution is 5.31. The van der Waals surface area contributed by atoms with E-state index in [1.807, 2.05) is 24.3 Å². The minimum Gasteiger partial charge on any atom is -0.494 e. The van der Waals surface area contributed by atoms with Crippen molar-refractivity contribution in [2.45, 2.75) is 19.3 Å². The molecule has 0 aliphatic carbocycles. The summed E-state index contributed by atoms with van der Waals surface area (Å²) in [5.74, 6) is 1.14. The summed E-state index contributed by atoms with van der Waals surface area (Å²) in [5, 5.41) is 0. The molecule has 0 heterocycles. The van der Waals surface area contributed by atoms with E-state index in [1.54, 1.807) is 0 Å². The molecular weight excluding hydrogens is 188 g/mol. The average molecular weight is 208 g/mol. The van der Waals surface area contributed by atoms with Gasteiger partial charge in [0, 0.05) is 19.0 Å². The Morgan fingerprint density at radius 1 is 1.27 bits per heavy atom. The molecule has 0 fully saturated rings. The molecule has 0 aliphatic heterocycles. The molecule has 0 unspecified atom stereocenters. The third-order valence-electron chi connectivity index (χ3n) is 2.37. The lowest BCUT2D eigenvalue weighted by atomic mass is 9.99. The number of nitrogens with two attached hydrogens (primary N) is 2. The molecule has 1 aromatic rings. The van der Waals surface area contributed by atoms with E-state index >= 15 is 0 Å². The fourth-order valence-corrected chi connectivity index (χ4v) is 1.45. The largest absolute Gasteiger partial charge is 0.494 e. The Bertz CT molecular complexity index is 285. The summed E-state index contributed by atoms with van der Waals surface area (Å²) in [4.78, 5) is 0. The maximum atomic E-state index is 5.64. The SMILES string of the molecule is CCCOc1cccc(C(CN)CN)c1. The standard InChI is InChI=1S/C12H20N2O/c1-2-6-15-12-5-3-4-10(7-12)11(8-13)9-14/h3-5,7,11H,2,6,8-9,13-14H2,1H3. The van der Waals surface area contributed by atoms with Crippen molar-refractivity contribution in [3.8, 4) is 5.75 Å². The molecule has 3 heteroatoms. The quantitative estimate of drug-likeness (QED) is 0.744. The summed E-state index contributed by atoms with van der Waals surface area (Å²) < 4.78 is 5.55. The van der Waals surface area contributed by atoms with Crippen LogP contribution in [0.4, 0.5) is 0 Å². The first-order valence-electron chi connectivity index (χ1n) is 5.44. The van der Waals surface area contributed by atoms with E-state index in [-0.39, 0.29) is 5.92 Å². The van der Waals surface area contributed by atoms with Crippen LogP contribution in [-0.2, 0) is 0 Å². The van der Waals surface area contributed by atoms with Gasteiger partial charge in [0.15, 0.2) is 0 Å². The molecule has 0 spiro atoms. The zero-order valence-corrected chi connectivity index (χ0v) is 9.28. The maximum absolute atomic E-state index is 5.64. The molecule has 84 valence electrons. The van der Waals surface area contributed by atoms with E-state index in [2.05, 4.69) is 6.92 Å². The Labute approximate surface area is 91.4 Å². The lowest BCUT2D eigenvalue weighted by molar-refractivity contribution is 0.317. The number of hydrogen-bond donors (Lipinski definition) is 2. The second-order valence-electron chi connectivity index (χ2n) is 3.59. The lowest BCUT2D eigenvalue weighted by Crippen LogP contribution is -2.21. The van der Waals surface area contributed by atoms with Crippen LogP contribution in [-0.4, -0.2) is 19.7 Å². The normalized spacial score (nSPS) is 10.7. The van der Waals surface area contributed by atoms with Gasteiger partial charge in [-0.15, -0.1) is 0 Å². The Morgan fingerprint density at radius 3 is 2.60 bits per heavy atom. The molecule has 1 rings (SSSR count). The molecule has 0 bridgehead atoms. The lowest BCUT2D eigenvalue weighted by Gasteiger charge is -2.13. The number of rotatable bonds is 6. The summed E-state index contributed by atoms with van der Waals surface area (Å²) in [5.41, 5.74) is 12.5. The van der Waals surface area contributed by atoms with Crippen LogP contribution >= 0.6 is 0 Å². The van der Waals surface area contributed by atoms with Gasteiger partial charge in [-0.1, -0.05) is 19.1 Å². The predicted molar refractivity (Wildman–Crippen MR) is 63.1 cm³/mol. The van der Waals surface area contributed by atoms with Crippen LogP contribution < -0.4 is 16.2 Å². The van der Waals surface area contributed by atoms with E-state index in [0.29, 0.717) is 13.1 Å². The van der Waals surface area contributed by atoms with Gasteiger partial charge in [-0.05, 0) is 24.1 Å². The van der Waals surface area contributed by atoms with Gasteiger partial charge >= 0.3 is 0 Å². The molecule has 0 aliphatic rings. The summed E-state index contributed by atoms with van der Waals surface area (Å²) in [7, 11) is 0. The van der Waals surface area contributed by atoms with E-state index in [9.17, 15) is 0 Å². The summed E-state index contributed by atoms with van der Waals surface area (Å²) in [6.45, 7) is 3.99. The van der Waals surface area contributed by atoms with Gasteiger partial charge in [-0.25, -0.2) is 0 Å². The molecule has 15 heavy (non-hydrogen) atoms. The van der Waals surface area contributed by atoms with E-state index in [4.69, 9.17) is 16.2 Å². The third kappa shape index (κ3) is 3.53. The topological polar surface area (TPSA) is 61.3 Å². The van der Waals surface area contributed by atoms with Crippen LogP contribution in [0.3, 0.4) is 0 Å². The second-order valence-corrected chi connectivity index (χ2v) is 3.59. The van der Waals surface area contributed by atoms with Gasteiger partial charge in [0.25, 0.3) is 0 Å². The smallest absolute Gasteiger partial charge is 0.119 e. The van der Waals surface area contributed by atoms with E-state index in [1.165, 1.54) is 0 Å². The van der Waals surface area contributed by atoms with E-state index in [0.717, 1.165) is 24.3 Å². The van der Waals surface area contributed by atoms with Crippen LogP contribution in [0.1, 0.15) is 24.8 Å². The van der Waals surface area contributed by atoms with Crippen LogP contribution in [0.15, 0.2) is 24.3 Å². The van der Waals surface area contributed by atoms with Crippen LogP contribution in [0, 0.1) is 0 Å². The molecule has 0 saturated carbocycles. The van der Waals surface area contributed by atoms with Gasteiger partial charge in [-0.2, -0.15) is 0 Å². The predicted octanol–water partition coefficient (Wildman–Crippen LogP) is 1.48. The van der Waals surface area contributed by atoms with Crippen molar-refractivity contribution in [2.75, 3.05) is 19.7 Å². The fraction of sp³-hybridized carbons (Fsp3) is 0.500. The Kier molecular flexibility index (Phi) is 5.15. The van der Waals surface area contributed by atoms with Crippen molar-refractivity contribution in [3.05, 3.63) is 29.8 Å². The molecule has 4 N–H and O–H groups in total. The van der Waals surface area contributed by atoms with Gasteiger partial charge < -0.3 is 16.2 Å². The van der Waals surface area contributed by atoms with Gasteiger partial charge in [0.1, 0.15) is 5.75 Å². The Hall–Kier alpha value is -1.06. The van der Waals surface area contributed by atoms with Gasteiger partial charge in [0.2, 0.25) is 0 Å². The fourth-order valence-electron chi connectivity index (χ4n) is 1.45. The zero-order chi connectivity index (χ0) is 11.1. The Balaban J connectivity index is 2.72. The Morgan fingerprint density at radius 2 is 2.00 bits per heavy atom. The molecular formula is C12H20N2O. The summed E-state index contributed by atoms with van der Waals surface area (Å²) in [6, 6.07) is 8.02. The third-order valence-corrected chi connectivity index (χ3v) is 2.37. The number of benzene rings is 1. The highest BCUT2D eigenvalue weighted by Crippen LogP contribution is 2.19. The zero-order valence-electron chi connectivity index (χ0n) is 9.28. The van der Waals surface area contributed by atoms with Crippen molar-refractivity contribution in [1.82, 2.24) is 0 Å². The van der Waals surface area contributed by atoms with E-state index < -0.39 is 0 Å². The van der Waals surface area contributed by atoms with Crippen molar-refractivity contribution in [1.29, 1.82) is 0 Å². The van der Waals surface area contributed by atoms with Gasteiger partial charge in [-0.3, -0.25) is 0 Å². The molecule has 0 atom stereocenters. The highest BCUT2D eigenvalue weighted by Gasteiger charge is 2.07. The van der Waals surface area contributed by atoms with Gasteiger partial charge in [0.05, 0.1) is 6.61 Å². The number of ether oxygens (including phenoxy) is 1. The molecule has 0 radical (unpaired) electrons. The average Bonchev–Trinajstić information content (AvgIpc) is 2.29. The first-order valence-corrected chi connectivity index (χ1v) is 5.44. The first-order chi connectivity index (χ1) is 7.31. The minimum atomic E-state index is 0.232. The second kappa shape index (κ2) is 6.43. The van der Waals surface area contributed by atoms with Crippen molar-refractivity contribution < 1.29 is 4.74 Å². The first kappa shape index (κ1) is 12.0. The van der Waals surface area contributed by atoms with Crippen LogP contribution in [0.5, 0.6) is 5.75 Å². The number of hydrogen-bond acceptors (Lipinski definition) is 3. The molecule has 0 aromatic heterocycles. The molecule has 1 aromatic carbocycles. The van der Waals surface area contributed by atoms with Crippen LogP contribution in [0.2, 0.25) is 0 Å². The summed E-state index contributed by atoms with van der Waals surface area (Å²) >= 11 is 0. The minimum absolute atomic E-state index is 0.232. The van der Waals surface area contributed by atoms with Crippen LogP contribution in [0.25, 0.3) is 0 Å². The van der Waals surface area contributed by atoms with Crippen molar-refractivity contribution in [3.63, 3.8) is 0 Å². The molecule has 0 amide bonds. The van der Waals surface area contributed by atoms with Crippen molar-refractivity contribution in [2.24, 2.45) is 11.5 Å². The van der Waals surface area contributed by atoms with Crippen molar-refractivity contribution >= 4 is 0 Å².